The SMILES string of the molecule is O=C(Nc1ccc(OC(F)(F)F)cc1)c1cnc(N2CC[C@@H](O)C2)c(-c2cc(F)nc(F)c2)c1.O=C(Nc1ccc(OC(F)(F)F)cc1)c1cnc(N2CC[C@@H](O)C2)c(-c2ccccn2)c1. The van der Waals surface area contributed by atoms with Gasteiger partial charge in [0.15, 0.2) is 0 Å². The van der Waals surface area contributed by atoms with Crippen molar-refractivity contribution in [2.24, 2.45) is 0 Å². The number of carbonyl (C=O) groups is 2. The fourth-order valence-corrected chi connectivity index (χ4v) is 6.97. The van der Waals surface area contributed by atoms with E-state index in [0.29, 0.717) is 61.1 Å². The second-order valence-electron chi connectivity index (χ2n) is 14.7. The van der Waals surface area contributed by atoms with Crippen molar-refractivity contribution in [2.45, 2.75) is 37.8 Å². The van der Waals surface area contributed by atoms with E-state index in [1.807, 2.05) is 11.0 Å². The second-order valence-corrected chi connectivity index (χ2v) is 14.7. The first-order chi connectivity index (χ1) is 31.4. The molecule has 4 N–H and O–H groups in total. The molecule has 66 heavy (non-hydrogen) atoms. The Labute approximate surface area is 369 Å². The number of hydrogen-bond donors (Lipinski definition) is 4. The predicted molar refractivity (Wildman–Crippen MR) is 223 cm³/mol. The number of benzene rings is 2. The van der Waals surface area contributed by atoms with Crippen molar-refractivity contribution >= 4 is 34.8 Å². The van der Waals surface area contributed by atoms with E-state index in [1.54, 1.807) is 29.3 Å². The Morgan fingerprint density at radius 1 is 0.621 bits per heavy atom. The zero-order valence-corrected chi connectivity index (χ0v) is 34.0. The van der Waals surface area contributed by atoms with Gasteiger partial charge in [-0.15, -0.1) is 26.3 Å². The number of aliphatic hydroxyl groups excluding tert-OH is 2. The molecule has 22 heteroatoms. The minimum atomic E-state index is -4.84. The van der Waals surface area contributed by atoms with Crippen LogP contribution in [0.1, 0.15) is 33.6 Å². The number of halogens is 8. The number of aliphatic hydroxyl groups is 2. The zero-order valence-electron chi connectivity index (χ0n) is 34.0. The summed E-state index contributed by atoms with van der Waals surface area (Å²) in [5, 5.41) is 24.9. The van der Waals surface area contributed by atoms with E-state index in [1.165, 1.54) is 42.7 Å². The number of amides is 2. The number of β-amino-alcohol motifs (C(OH)–C–C–N with tert-alkyl or cyclic N) is 2. The highest BCUT2D eigenvalue weighted by Gasteiger charge is 2.32. The third kappa shape index (κ3) is 12.4. The number of nitrogens with one attached hydrogen (secondary N) is 2. The summed E-state index contributed by atoms with van der Waals surface area (Å²) in [6.45, 7) is 1.78. The number of pyridine rings is 4. The normalized spacial score (nSPS) is 16.0. The molecule has 0 unspecified atom stereocenters. The van der Waals surface area contributed by atoms with Gasteiger partial charge in [0.25, 0.3) is 11.8 Å². The Morgan fingerprint density at radius 3 is 1.48 bits per heavy atom. The molecule has 2 saturated heterocycles. The summed E-state index contributed by atoms with van der Waals surface area (Å²) in [5.41, 5.74) is 2.38. The van der Waals surface area contributed by atoms with Crippen LogP contribution in [-0.4, -0.2) is 93.1 Å². The Bertz CT molecular complexity index is 2640. The molecule has 2 aliphatic rings. The molecule has 2 fully saturated rings. The number of aromatic nitrogens is 4. The van der Waals surface area contributed by atoms with Gasteiger partial charge in [0.05, 0.1) is 29.0 Å². The molecule has 0 bridgehead atoms. The molecule has 4 aromatic heterocycles. The monoisotopic (exact) mass is 924 g/mol. The molecule has 0 radical (unpaired) electrons. The van der Waals surface area contributed by atoms with Crippen LogP contribution in [-0.2, 0) is 0 Å². The molecule has 0 aliphatic carbocycles. The van der Waals surface area contributed by atoms with Crippen molar-refractivity contribution in [1.29, 1.82) is 0 Å². The Kier molecular flexibility index (Phi) is 13.9. The smallest absolute Gasteiger partial charge is 0.406 e. The fraction of sp³-hybridized carbons (Fsp3) is 0.227. The first-order valence-electron chi connectivity index (χ1n) is 19.8. The van der Waals surface area contributed by atoms with Crippen molar-refractivity contribution in [3.63, 3.8) is 0 Å². The van der Waals surface area contributed by atoms with Crippen LogP contribution in [0.5, 0.6) is 11.5 Å². The Balaban J connectivity index is 0.000000197. The minimum absolute atomic E-state index is 0.0340. The molecule has 2 aromatic carbocycles. The highest BCUT2D eigenvalue weighted by molar-refractivity contribution is 6.06. The molecule has 6 heterocycles. The van der Waals surface area contributed by atoms with E-state index >= 15 is 0 Å². The average molecular weight is 925 g/mol. The maximum Gasteiger partial charge on any atom is 0.573 e. The Morgan fingerprint density at radius 2 is 1.08 bits per heavy atom. The van der Waals surface area contributed by atoms with Crippen LogP contribution < -0.4 is 29.9 Å². The third-order valence-corrected chi connectivity index (χ3v) is 9.89. The van der Waals surface area contributed by atoms with Crippen LogP contribution >= 0.6 is 0 Å². The van der Waals surface area contributed by atoms with E-state index in [2.05, 4.69) is 40.0 Å². The van der Waals surface area contributed by atoms with E-state index in [-0.39, 0.29) is 40.2 Å². The lowest BCUT2D eigenvalue weighted by atomic mass is 10.0. The lowest BCUT2D eigenvalue weighted by Gasteiger charge is -2.21. The van der Waals surface area contributed by atoms with Gasteiger partial charge in [0, 0.05) is 79.4 Å². The highest BCUT2D eigenvalue weighted by Crippen LogP contribution is 2.34. The first kappa shape index (κ1) is 46.5. The predicted octanol–water partition coefficient (Wildman–Crippen LogP) is 8.01. The Hall–Kier alpha value is -7.46. The number of carbonyl (C=O) groups excluding carboxylic acids is 2. The van der Waals surface area contributed by atoms with Gasteiger partial charge in [-0.3, -0.25) is 14.6 Å². The summed E-state index contributed by atoms with van der Waals surface area (Å²) in [6.07, 6.45) is -5.24. The maximum atomic E-state index is 13.8. The van der Waals surface area contributed by atoms with Gasteiger partial charge in [-0.25, -0.2) is 9.97 Å². The molecule has 8 rings (SSSR count). The van der Waals surface area contributed by atoms with E-state index in [4.69, 9.17) is 0 Å². The van der Waals surface area contributed by atoms with Crippen molar-refractivity contribution in [3.05, 3.63) is 133 Å². The molecular formula is C44H36F8N8O6. The molecule has 2 atom stereocenters. The molecule has 6 aromatic rings. The molecule has 14 nitrogen and oxygen atoms in total. The van der Waals surface area contributed by atoms with E-state index in [0.717, 1.165) is 36.4 Å². The number of nitrogens with zero attached hydrogens (tertiary/aromatic N) is 6. The van der Waals surface area contributed by atoms with Gasteiger partial charge < -0.3 is 40.1 Å². The van der Waals surface area contributed by atoms with Crippen LogP contribution in [0.3, 0.4) is 0 Å². The lowest BCUT2D eigenvalue weighted by molar-refractivity contribution is -0.275. The summed E-state index contributed by atoms with van der Waals surface area (Å²) in [6, 6.07) is 19.8. The van der Waals surface area contributed by atoms with E-state index < -0.39 is 54.4 Å². The van der Waals surface area contributed by atoms with Crippen molar-refractivity contribution in [3.8, 4) is 33.9 Å². The largest absolute Gasteiger partial charge is 0.573 e. The summed E-state index contributed by atoms with van der Waals surface area (Å²) >= 11 is 0. The minimum Gasteiger partial charge on any atom is -0.406 e. The fourth-order valence-electron chi connectivity index (χ4n) is 6.97. The van der Waals surface area contributed by atoms with Gasteiger partial charge in [0.1, 0.15) is 23.1 Å². The third-order valence-electron chi connectivity index (χ3n) is 9.89. The number of rotatable bonds is 10. The highest BCUT2D eigenvalue weighted by atomic mass is 19.4. The standard InChI is InChI=1S/C22H17F5N4O3.C22H19F3N4O3/c23-18-8-12(9-19(24)30-18)17-7-13(10-28-20(17)31-6-5-15(32)11-31)21(33)29-14-1-3-16(4-2-14)34-22(25,26)27;23-22(24,25)32-17-6-4-15(5-7-17)28-21(31)14-11-18(19-3-1-2-9-26-19)20(27-12-14)29-10-8-16(30)13-29/h1-4,7-10,15,32H,5-6,11H2,(H,29,33);1-7,9,11-12,16,30H,8,10,13H2,(H,28,31)/t15-;16-/m11/s1. The van der Waals surface area contributed by atoms with Crippen LogP contribution in [0.15, 0.2) is 110 Å². The van der Waals surface area contributed by atoms with Gasteiger partial charge in [0.2, 0.25) is 11.9 Å². The van der Waals surface area contributed by atoms with Crippen LogP contribution in [0.2, 0.25) is 0 Å². The number of hydrogen-bond acceptors (Lipinski definition) is 12. The quantitative estimate of drug-likeness (QED) is 0.0771. The molecule has 344 valence electrons. The molecule has 0 saturated carbocycles. The van der Waals surface area contributed by atoms with Crippen molar-refractivity contribution in [1.82, 2.24) is 19.9 Å². The van der Waals surface area contributed by atoms with Gasteiger partial charge >= 0.3 is 12.7 Å². The molecule has 2 aliphatic heterocycles. The van der Waals surface area contributed by atoms with Gasteiger partial charge in [-0.05, 0) is 91.2 Å². The van der Waals surface area contributed by atoms with Gasteiger partial charge in [-0.1, -0.05) is 6.07 Å². The van der Waals surface area contributed by atoms with Gasteiger partial charge in [-0.2, -0.15) is 13.8 Å². The second kappa shape index (κ2) is 19.7. The molecule has 0 spiro atoms. The molecular weight excluding hydrogens is 889 g/mol. The van der Waals surface area contributed by atoms with Crippen molar-refractivity contribution < 1.29 is 64.4 Å². The topological polar surface area (TPSA) is 175 Å². The number of ether oxygens (including phenoxy) is 2. The van der Waals surface area contributed by atoms with Crippen molar-refractivity contribution in [2.75, 3.05) is 46.6 Å². The summed E-state index contributed by atoms with van der Waals surface area (Å²) < 4.78 is 109. The maximum absolute atomic E-state index is 13.8. The molecule has 2 amide bonds. The zero-order chi connectivity index (χ0) is 47.2. The number of alkyl halides is 6. The summed E-state index contributed by atoms with van der Waals surface area (Å²) in [4.78, 5) is 45.4. The van der Waals surface area contributed by atoms with Crippen LogP contribution in [0, 0.1) is 11.9 Å². The first-order valence-corrected chi connectivity index (χ1v) is 19.8. The summed E-state index contributed by atoms with van der Waals surface area (Å²) in [7, 11) is 0. The van der Waals surface area contributed by atoms with Crippen LogP contribution in [0.25, 0.3) is 22.4 Å². The van der Waals surface area contributed by atoms with Crippen LogP contribution in [0.4, 0.5) is 58.1 Å². The van der Waals surface area contributed by atoms with E-state index in [9.17, 15) is 54.9 Å². The lowest BCUT2D eigenvalue weighted by Crippen LogP contribution is -2.23. The average Bonchev–Trinajstić information content (AvgIpc) is 3.91. The summed E-state index contributed by atoms with van der Waals surface area (Å²) in [5.74, 6) is -3.14. The number of anilines is 4.